The predicted octanol–water partition coefficient (Wildman–Crippen LogP) is 2.07. The van der Waals surface area contributed by atoms with Crippen LogP contribution in [-0.4, -0.2) is 43.1 Å². The smallest absolute Gasteiger partial charge is 0.246 e. The molecule has 6 nitrogen and oxygen atoms in total. The van der Waals surface area contributed by atoms with Gasteiger partial charge in [0.1, 0.15) is 17.3 Å². The molecule has 0 saturated heterocycles. The second-order valence-electron chi connectivity index (χ2n) is 4.46. The molecule has 0 aliphatic heterocycles. The second-order valence-corrected chi connectivity index (χ2v) is 6.89. The highest BCUT2D eigenvalue weighted by atomic mass is 35.5. The highest BCUT2D eigenvalue weighted by Crippen LogP contribution is 2.23. The average molecular weight is 330 g/mol. The Bertz CT molecular complexity index is 715. The van der Waals surface area contributed by atoms with Crippen LogP contribution in [-0.2, 0) is 10.0 Å². The SMILES string of the molecule is Cc1[nH]ncc1S(=O)(=O)N(C)CCOc1ccccc1Cl. The predicted molar refractivity (Wildman–Crippen MR) is 80.1 cm³/mol. The Morgan fingerprint density at radius 2 is 2.10 bits per heavy atom. The van der Waals surface area contributed by atoms with E-state index in [2.05, 4.69) is 10.2 Å². The minimum absolute atomic E-state index is 0.169. The van der Waals surface area contributed by atoms with Crippen molar-refractivity contribution in [3.8, 4) is 5.75 Å². The third kappa shape index (κ3) is 3.55. The molecule has 0 amide bonds. The molecule has 0 aliphatic rings. The van der Waals surface area contributed by atoms with Crippen LogP contribution in [0.3, 0.4) is 0 Å². The zero-order chi connectivity index (χ0) is 15.5. The van der Waals surface area contributed by atoms with Gasteiger partial charge in [0.2, 0.25) is 10.0 Å². The summed E-state index contributed by atoms with van der Waals surface area (Å²) < 4.78 is 31.3. The Labute approximate surface area is 128 Å². The van der Waals surface area contributed by atoms with Crippen molar-refractivity contribution in [1.29, 1.82) is 0 Å². The summed E-state index contributed by atoms with van der Waals surface area (Å²) in [7, 11) is -2.07. The number of aromatic amines is 1. The van der Waals surface area contributed by atoms with Crippen molar-refractivity contribution in [2.75, 3.05) is 20.2 Å². The van der Waals surface area contributed by atoms with Crippen molar-refractivity contribution in [1.82, 2.24) is 14.5 Å². The lowest BCUT2D eigenvalue weighted by molar-refractivity contribution is 0.287. The number of benzene rings is 1. The number of rotatable bonds is 6. The van der Waals surface area contributed by atoms with Gasteiger partial charge in [-0.3, -0.25) is 5.10 Å². The molecule has 1 N–H and O–H groups in total. The van der Waals surface area contributed by atoms with E-state index < -0.39 is 10.0 Å². The number of aromatic nitrogens is 2. The molecule has 2 aromatic rings. The van der Waals surface area contributed by atoms with E-state index in [1.165, 1.54) is 17.5 Å². The first-order chi connectivity index (χ1) is 9.93. The lowest BCUT2D eigenvalue weighted by atomic mass is 10.3. The van der Waals surface area contributed by atoms with E-state index in [0.717, 1.165) is 0 Å². The molecule has 0 aliphatic carbocycles. The van der Waals surface area contributed by atoms with Gasteiger partial charge in [-0.05, 0) is 19.1 Å². The normalized spacial score (nSPS) is 11.8. The van der Waals surface area contributed by atoms with E-state index in [0.29, 0.717) is 16.5 Å². The minimum atomic E-state index is -3.56. The Balaban J connectivity index is 1.98. The van der Waals surface area contributed by atoms with Gasteiger partial charge < -0.3 is 4.74 Å². The fourth-order valence-electron chi connectivity index (χ4n) is 1.73. The molecule has 1 aromatic heterocycles. The third-order valence-electron chi connectivity index (χ3n) is 2.97. The van der Waals surface area contributed by atoms with Crippen molar-refractivity contribution in [3.63, 3.8) is 0 Å². The number of ether oxygens (including phenoxy) is 1. The van der Waals surface area contributed by atoms with E-state index in [9.17, 15) is 8.42 Å². The second kappa shape index (κ2) is 6.46. The van der Waals surface area contributed by atoms with Gasteiger partial charge in [-0.2, -0.15) is 9.40 Å². The van der Waals surface area contributed by atoms with E-state index >= 15 is 0 Å². The summed E-state index contributed by atoms with van der Waals surface area (Å²) in [6, 6.07) is 7.05. The number of para-hydroxylation sites is 1. The molecule has 0 fully saturated rings. The minimum Gasteiger partial charge on any atom is -0.491 e. The number of hydrogen-bond donors (Lipinski definition) is 1. The number of aryl methyl sites for hydroxylation is 1. The number of halogens is 1. The summed E-state index contributed by atoms with van der Waals surface area (Å²) in [5, 5.41) is 6.84. The number of sulfonamides is 1. The summed E-state index contributed by atoms with van der Waals surface area (Å²) in [5.74, 6) is 0.532. The van der Waals surface area contributed by atoms with E-state index in [1.54, 1.807) is 31.2 Å². The van der Waals surface area contributed by atoms with Crippen molar-refractivity contribution in [2.45, 2.75) is 11.8 Å². The standard InChI is InChI=1S/C13H16ClN3O3S/c1-10-13(9-15-16-10)21(18,19)17(2)7-8-20-12-6-4-3-5-11(12)14/h3-6,9H,7-8H2,1-2H3,(H,15,16). The Morgan fingerprint density at radius 1 is 1.38 bits per heavy atom. The van der Waals surface area contributed by atoms with Gasteiger partial charge in [-0.25, -0.2) is 8.42 Å². The molecular formula is C13H16ClN3O3S. The van der Waals surface area contributed by atoms with Crippen LogP contribution in [0.1, 0.15) is 5.69 Å². The van der Waals surface area contributed by atoms with Crippen LogP contribution in [0.2, 0.25) is 5.02 Å². The number of nitrogens with one attached hydrogen (secondary N) is 1. The van der Waals surface area contributed by atoms with Crippen LogP contribution < -0.4 is 4.74 Å². The van der Waals surface area contributed by atoms with Gasteiger partial charge in [0.15, 0.2) is 0 Å². The van der Waals surface area contributed by atoms with Crippen LogP contribution in [0.15, 0.2) is 35.4 Å². The van der Waals surface area contributed by atoms with Crippen molar-refractivity contribution >= 4 is 21.6 Å². The first-order valence-corrected chi connectivity index (χ1v) is 8.08. The number of nitrogens with zero attached hydrogens (tertiary/aromatic N) is 2. The summed E-state index contributed by atoms with van der Waals surface area (Å²) >= 11 is 5.96. The molecule has 21 heavy (non-hydrogen) atoms. The zero-order valence-electron chi connectivity index (χ0n) is 11.7. The van der Waals surface area contributed by atoms with E-state index in [1.807, 2.05) is 0 Å². The summed E-state index contributed by atoms with van der Waals surface area (Å²) in [6.45, 7) is 2.07. The lowest BCUT2D eigenvalue weighted by Crippen LogP contribution is -2.31. The fourth-order valence-corrected chi connectivity index (χ4v) is 3.19. The highest BCUT2D eigenvalue weighted by molar-refractivity contribution is 7.89. The zero-order valence-corrected chi connectivity index (χ0v) is 13.3. The molecule has 0 atom stereocenters. The Kier molecular flexibility index (Phi) is 4.87. The Morgan fingerprint density at radius 3 is 2.71 bits per heavy atom. The van der Waals surface area contributed by atoms with Crippen molar-refractivity contribution in [2.24, 2.45) is 0 Å². The van der Waals surface area contributed by atoms with Crippen LogP contribution in [0.25, 0.3) is 0 Å². The molecule has 0 unspecified atom stereocenters. The van der Waals surface area contributed by atoms with Gasteiger partial charge in [0, 0.05) is 13.6 Å². The molecule has 8 heteroatoms. The van der Waals surface area contributed by atoms with Gasteiger partial charge in [0.05, 0.1) is 16.9 Å². The number of H-pyrrole nitrogens is 1. The number of hydrogen-bond acceptors (Lipinski definition) is 4. The van der Waals surface area contributed by atoms with Gasteiger partial charge in [-0.1, -0.05) is 23.7 Å². The third-order valence-corrected chi connectivity index (χ3v) is 5.26. The molecule has 0 saturated carbocycles. The maximum absolute atomic E-state index is 12.3. The summed E-state index contributed by atoms with van der Waals surface area (Å²) in [5.41, 5.74) is 0.508. The topological polar surface area (TPSA) is 75.3 Å². The molecular weight excluding hydrogens is 314 g/mol. The maximum Gasteiger partial charge on any atom is 0.246 e. The summed E-state index contributed by atoms with van der Waals surface area (Å²) in [4.78, 5) is 0.169. The highest BCUT2D eigenvalue weighted by Gasteiger charge is 2.24. The first-order valence-electron chi connectivity index (χ1n) is 6.26. The van der Waals surface area contributed by atoms with Crippen molar-refractivity contribution in [3.05, 3.63) is 41.2 Å². The Hall–Kier alpha value is -1.57. The van der Waals surface area contributed by atoms with Crippen LogP contribution in [0.4, 0.5) is 0 Å². The largest absolute Gasteiger partial charge is 0.491 e. The van der Waals surface area contributed by atoms with Crippen LogP contribution in [0.5, 0.6) is 5.75 Å². The van der Waals surface area contributed by atoms with Crippen LogP contribution in [0, 0.1) is 6.92 Å². The average Bonchev–Trinajstić information content (AvgIpc) is 2.87. The van der Waals surface area contributed by atoms with Gasteiger partial charge in [-0.15, -0.1) is 0 Å². The first kappa shape index (κ1) is 15.8. The quantitative estimate of drug-likeness (QED) is 0.880. The summed E-state index contributed by atoms with van der Waals surface area (Å²) in [6.07, 6.45) is 1.30. The van der Waals surface area contributed by atoms with E-state index in [4.69, 9.17) is 16.3 Å². The molecule has 0 radical (unpaired) electrons. The molecule has 2 rings (SSSR count). The van der Waals surface area contributed by atoms with E-state index in [-0.39, 0.29) is 18.0 Å². The van der Waals surface area contributed by atoms with Crippen molar-refractivity contribution < 1.29 is 13.2 Å². The van der Waals surface area contributed by atoms with Gasteiger partial charge >= 0.3 is 0 Å². The molecule has 1 heterocycles. The maximum atomic E-state index is 12.3. The molecule has 1 aromatic carbocycles. The molecule has 114 valence electrons. The lowest BCUT2D eigenvalue weighted by Gasteiger charge is -2.17. The van der Waals surface area contributed by atoms with Gasteiger partial charge in [0.25, 0.3) is 0 Å². The van der Waals surface area contributed by atoms with Crippen LogP contribution >= 0.6 is 11.6 Å². The fraction of sp³-hybridized carbons (Fsp3) is 0.308. The molecule has 0 spiro atoms. The molecule has 0 bridgehead atoms. The monoisotopic (exact) mass is 329 g/mol. The number of likely N-dealkylation sites (N-methyl/N-ethyl adjacent to an activating group) is 1.